The average Bonchev–Trinajstić information content (AvgIpc) is 2.46. The number of aliphatic hydroxyl groups is 2. The maximum atomic E-state index is 8.85. The lowest BCUT2D eigenvalue weighted by Crippen LogP contribution is -2.29. The Morgan fingerprint density at radius 3 is 1.75 bits per heavy atom. The van der Waals surface area contributed by atoms with Gasteiger partial charge in [0.05, 0.1) is 13.2 Å². The van der Waals surface area contributed by atoms with Gasteiger partial charge in [-0.25, -0.2) is 0 Å². The fourth-order valence-electron chi connectivity index (χ4n) is 1.19. The van der Waals surface area contributed by atoms with Gasteiger partial charge in [0.1, 0.15) is 12.2 Å². The highest BCUT2D eigenvalue weighted by Gasteiger charge is 2.36. The van der Waals surface area contributed by atoms with Crippen molar-refractivity contribution in [2.24, 2.45) is 5.92 Å². The van der Waals surface area contributed by atoms with Crippen molar-refractivity contribution in [2.75, 3.05) is 13.2 Å². The molecule has 0 aromatic heterocycles. The Balaban J connectivity index is 2.47. The van der Waals surface area contributed by atoms with Gasteiger partial charge in [0.25, 0.3) is 0 Å². The van der Waals surface area contributed by atoms with Crippen molar-refractivity contribution in [3.63, 3.8) is 0 Å². The van der Waals surface area contributed by atoms with Gasteiger partial charge in [-0.2, -0.15) is 0 Å². The van der Waals surface area contributed by atoms with E-state index in [1.807, 2.05) is 13.8 Å². The molecule has 2 N–H and O–H groups in total. The van der Waals surface area contributed by atoms with Crippen LogP contribution in [-0.4, -0.2) is 41.9 Å². The summed E-state index contributed by atoms with van der Waals surface area (Å²) in [5.41, 5.74) is 0. The Hall–Kier alpha value is -0.160. The van der Waals surface area contributed by atoms with Crippen molar-refractivity contribution >= 4 is 0 Å². The molecule has 1 aliphatic rings. The highest BCUT2D eigenvalue weighted by atomic mass is 16.7. The van der Waals surface area contributed by atoms with Crippen molar-refractivity contribution in [2.45, 2.75) is 32.3 Å². The lowest BCUT2D eigenvalue weighted by Gasteiger charge is -2.13. The molecule has 0 spiro atoms. The average molecular weight is 176 g/mol. The highest BCUT2D eigenvalue weighted by molar-refractivity contribution is 4.77. The smallest absolute Gasteiger partial charge is 0.161 e. The summed E-state index contributed by atoms with van der Waals surface area (Å²) in [6.45, 7) is 3.74. The molecule has 0 bridgehead atoms. The van der Waals surface area contributed by atoms with E-state index in [1.54, 1.807) is 0 Å². The zero-order chi connectivity index (χ0) is 9.14. The fourth-order valence-corrected chi connectivity index (χ4v) is 1.19. The SMILES string of the molecule is CC(C)C1OC(CO)C(CO)O1. The van der Waals surface area contributed by atoms with Gasteiger partial charge >= 0.3 is 0 Å². The summed E-state index contributed by atoms with van der Waals surface area (Å²) in [7, 11) is 0. The molecule has 0 saturated carbocycles. The van der Waals surface area contributed by atoms with Crippen LogP contribution in [0.5, 0.6) is 0 Å². The molecule has 1 heterocycles. The summed E-state index contributed by atoms with van der Waals surface area (Å²) in [5.74, 6) is 0.246. The van der Waals surface area contributed by atoms with Gasteiger partial charge in [-0.15, -0.1) is 0 Å². The zero-order valence-corrected chi connectivity index (χ0v) is 7.43. The highest BCUT2D eigenvalue weighted by Crippen LogP contribution is 2.23. The van der Waals surface area contributed by atoms with Crippen LogP contribution in [0.4, 0.5) is 0 Å². The number of rotatable bonds is 3. The molecule has 1 saturated heterocycles. The minimum atomic E-state index is -0.373. The molecule has 4 nitrogen and oxygen atoms in total. The minimum Gasteiger partial charge on any atom is -0.394 e. The summed E-state index contributed by atoms with van der Waals surface area (Å²) < 4.78 is 10.7. The van der Waals surface area contributed by atoms with Crippen LogP contribution in [-0.2, 0) is 9.47 Å². The van der Waals surface area contributed by atoms with Gasteiger partial charge in [0, 0.05) is 5.92 Å². The fraction of sp³-hybridized carbons (Fsp3) is 1.00. The van der Waals surface area contributed by atoms with Gasteiger partial charge in [0.2, 0.25) is 0 Å². The molecular weight excluding hydrogens is 160 g/mol. The monoisotopic (exact) mass is 176 g/mol. The predicted molar refractivity (Wildman–Crippen MR) is 42.5 cm³/mol. The summed E-state index contributed by atoms with van der Waals surface area (Å²) >= 11 is 0. The van der Waals surface area contributed by atoms with Crippen molar-refractivity contribution in [3.8, 4) is 0 Å². The van der Waals surface area contributed by atoms with Crippen molar-refractivity contribution in [3.05, 3.63) is 0 Å². The van der Waals surface area contributed by atoms with Gasteiger partial charge in [-0.3, -0.25) is 0 Å². The topological polar surface area (TPSA) is 58.9 Å². The first-order valence-electron chi connectivity index (χ1n) is 4.21. The summed E-state index contributed by atoms with van der Waals surface area (Å²) in [5, 5.41) is 17.7. The maximum absolute atomic E-state index is 8.85. The molecule has 2 unspecified atom stereocenters. The Labute approximate surface area is 72.1 Å². The van der Waals surface area contributed by atoms with Crippen LogP contribution in [0.3, 0.4) is 0 Å². The van der Waals surface area contributed by atoms with Gasteiger partial charge in [-0.1, -0.05) is 13.8 Å². The van der Waals surface area contributed by atoms with E-state index >= 15 is 0 Å². The van der Waals surface area contributed by atoms with Gasteiger partial charge in [0.15, 0.2) is 6.29 Å². The number of hydrogen-bond donors (Lipinski definition) is 2. The second-order valence-corrected chi connectivity index (χ2v) is 3.33. The predicted octanol–water partition coefficient (Wildman–Crippen LogP) is -0.263. The van der Waals surface area contributed by atoms with E-state index in [-0.39, 0.29) is 37.6 Å². The lowest BCUT2D eigenvalue weighted by atomic mass is 10.2. The van der Waals surface area contributed by atoms with E-state index in [4.69, 9.17) is 19.7 Å². The third kappa shape index (κ3) is 1.95. The molecule has 0 aromatic carbocycles. The number of hydrogen-bond acceptors (Lipinski definition) is 4. The minimum absolute atomic E-state index is 0.103. The van der Waals surface area contributed by atoms with Crippen molar-refractivity contribution in [1.29, 1.82) is 0 Å². The van der Waals surface area contributed by atoms with Crippen LogP contribution < -0.4 is 0 Å². The Bertz CT molecular complexity index is 125. The summed E-state index contributed by atoms with van der Waals surface area (Å²) in [4.78, 5) is 0. The van der Waals surface area contributed by atoms with Gasteiger partial charge < -0.3 is 19.7 Å². The molecule has 4 heteroatoms. The molecular formula is C8H16O4. The standard InChI is InChI=1S/C8H16O4/c1-5(2)8-11-6(3-9)7(4-10)12-8/h5-10H,3-4H2,1-2H3. The first kappa shape index (κ1) is 9.92. The van der Waals surface area contributed by atoms with Crippen LogP contribution in [0.25, 0.3) is 0 Å². The lowest BCUT2D eigenvalue weighted by molar-refractivity contribution is -0.102. The molecule has 1 fully saturated rings. The Morgan fingerprint density at radius 2 is 1.50 bits per heavy atom. The Morgan fingerprint density at radius 1 is 1.08 bits per heavy atom. The van der Waals surface area contributed by atoms with E-state index < -0.39 is 0 Å². The van der Waals surface area contributed by atoms with E-state index in [2.05, 4.69) is 0 Å². The summed E-state index contributed by atoms with van der Waals surface area (Å²) in [6.07, 6.45) is -1.04. The van der Waals surface area contributed by atoms with Crippen LogP contribution in [0, 0.1) is 5.92 Å². The molecule has 0 aliphatic carbocycles. The number of aliphatic hydroxyl groups excluding tert-OH is 2. The largest absolute Gasteiger partial charge is 0.394 e. The third-order valence-electron chi connectivity index (χ3n) is 1.94. The van der Waals surface area contributed by atoms with E-state index in [1.165, 1.54) is 0 Å². The summed E-state index contributed by atoms with van der Waals surface area (Å²) in [6, 6.07) is 0. The Kier molecular flexibility index (Phi) is 3.46. The maximum Gasteiger partial charge on any atom is 0.161 e. The molecule has 1 aliphatic heterocycles. The van der Waals surface area contributed by atoms with Crippen LogP contribution >= 0.6 is 0 Å². The molecule has 2 atom stereocenters. The molecule has 0 aromatic rings. The second-order valence-electron chi connectivity index (χ2n) is 3.33. The van der Waals surface area contributed by atoms with Crippen LogP contribution in [0.15, 0.2) is 0 Å². The van der Waals surface area contributed by atoms with Gasteiger partial charge in [-0.05, 0) is 0 Å². The molecule has 0 radical (unpaired) electrons. The van der Waals surface area contributed by atoms with Crippen LogP contribution in [0.2, 0.25) is 0 Å². The second kappa shape index (κ2) is 4.18. The normalized spacial score (nSPS) is 36.2. The zero-order valence-electron chi connectivity index (χ0n) is 7.43. The quantitative estimate of drug-likeness (QED) is 0.622. The van der Waals surface area contributed by atoms with E-state index in [0.29, 0.717) is 0 Å². The van der Waals surface area contributed by atoms with Crippen molar-refractivity contribution in [1.82, 2.24) is 0 Å². The molecule has 72 valence electrons. The molecule has 1 rings (SSSR count). The van der Waals surface area contributed by atoms with Crippen LogP contribution in [0.1, 0.15) is 13.8 Å². The first-order chi connectivity index (χ1) is 5.69. The van der Waals surface area contributed by atoms with E-state index in [9.17, 15) is 0 Å². The molecule has 0 amide bonds. The first-order valence-corrected chi connectivity index (χ1v) is 4.21. The number of ether oxygens (including phenoxy) is 2. The third-order valence-corrected chi connectivity index (χ3v) is 1.94. The van der Waals surface area contributed by atoms with Crippen molar-refractivity contribution < 1.29 is 19.7 Å². The van der Waals surface area contributed by atoms with E-state index in [0.717, 1.165) is 0 Å². The molecule has 12 heavy (non-hydrogen) atoms.